The first-order valence-corrected chi connectivity index (χ1v) is 5.65. The third-order valence-corrected chi connectivity index (χ3v) is 3.52. The van der Waals surface area contributed by atoms with E-state index in [9.17, 15) is 0 Å². The Morgan fingerprint density at radius 3 is 2.86 bits per heavy atom. The van der Waals surface area contributed by atoms with Crippen molar-refractivity contribution in [2.24, 2.45) is 0 Å². The van der Waals surface area contributed by atoms with E-state index in [0.29, 0.717) is 5.25 Å². The second-order valence-electron chi connectivity index (χ2n) is 3.41. The molecule has 0 aliphatic rings. The normalized spacial score (nSPS) is 12.8. The molecule has 0 heterocycles. The highest BCUT2D eigenvalue weighted by Gasteiger charge is 2.07. The van der Waals surface area contributed by atoms with Gasteiger partial charge in [-0.15, -0.1) is 11.8 Å². The van der Waals surface area contributed by atoms with E-state index >= 15 is 0 Å². The van der Waals surface area contributed by atoms with Gasteiger partial charge < -0.3 is 10.8 Å². The molecule has 0 saturated carbocycles. The molecule has 0 saturated heterocycles. The molecule has 1 unspecified atom stereocenters. The van der Waals surface area contributed by atoms with Crippen molar-refractivity contribution in [3.63, 3.8) is 0 Å². The summed E-state index contributed by atoms with van der Waals surface area (Å²) >= 11 is 1.77. The van der Waals surface area contributed by atoms with Gasteiger partial charge in [-0.2, -0.15) is 0 Å². The van der Waals surface area contributed by atoms with Crippen molar-refractivity contribution in [2.45, 2.75) is 30.4 Å². The Kier molecular flexibility index (Phi) is 4.29. The Bertz CT molecular complexity index is 301. The highest BCUT2D eigenvalue weighted by Crippen LogP contribution is 2.30. The van der Waals surface area contributed by atoms with E-state index in [1.807, 2.05) is 19.1 Å². The van der Waals surface area contributed by atoms with Crippen LogP contribution in [-0.4, -0.2) is 17.0 Å². The average Bonchev–Trinajstić information content (AvgIpc) is 2.13. The van der Waals surface area contributed by atoms with Gasteiger partial charge in [0.15, 0.2) is 0 Å². The molecule has 0 aliphatic carbocycles. The molecule has 0 aliphatic heterocycles. The first kappa shape index (κ1) is 11.4. The average molecular weight is 211 g/mol. The van der Waals surface area contributed by atoms with Crippen LogP contribution in [-0.2, 0) is 0 Å². The summed E-state index contributed by atoms with van der Waals surface area (Å²) in [4.78, 5) is 1.21. The monoisotopic (exact) mass is 211 g/mol. The van der Waals surface area contributed by atoms with Crippen LogP contribution >= 0.6 is 11.8 Å². The topological polar surface area (TPSA) is 46.2 Å². The molecular weight excluding hydrogens is 194 g/mol. The van der Waals surface area contributed by atoms with Gasteiger partial charge in [-0.1, -0.05) is 13.0 Å². The fourth-order valence-electron chi connectivity index (χ4n) is 1.22. The third kappa shape index (κ3) is 2.93. The van der Waals surface area contributed by atoms with Gasteiger partial charge in [0.1, 0.15) is 0 Å². The maximum atomic E-state index is 8.80. The van der Waals surface area contributed by atoms with Crippen molar-refractivity contribution in [3.8, 4) is 0 Å². The van der Waals surface area contributed by atoms with Crippen molar-refractivity contribution in [1.29, 1.82) is 0 Å². The lowest BCUT2D eigenvalue weighted by atomic mass is 10.2. The van der Waals surface area contributed by atoms with Crippen LogP contribution in [0.5, 0.6) is 0 Å². The fraction of sp³-hybridized carbons (Fsp3) is 0.455. The van der Waals surface area contributed by atoms with Gasteiger partial charge in [0, 0.05) is 22.4 Å². The maximum absolute atomic E-state index is 8.80. The molecule has 1 atom stereocenters. The second-order valence-corrected chi connectivity index (χ2v) is 4.89. The number of hydrogen-bond acceptors (Lipinski definition) is 3. The maximum Gasteiger partial charge on any atom is 0.0441 e. The van der Waals surface area contributed by atoms with Crippen LogP contribution in [0.1, 0.15) is 18.9 Å². The molecule has 0 amide bonds. The van der Waals surface area contributed by atoms with Crippen LogP contribution in [0.2, 0.25) is 0 Å². The Labute approximate surface area is 89.5 Å². The van der Waals surface area contributed by atoms with Crippen LogP contribution in [0, 0.1) is 6.92 Å². The summed E-state index contributed by atoms with van der Waals surface area (Å²) < 4.78 is 0. The Morgan fingerprint density at radius 1 is 1.50 bits per heavy atom. The predicted molar refractivity (Wildman–Crippen MR) is 62.6 cm³/mol. The number of nitrogen functional groups attached to an aromatic ring is 1. The summed E-state index contributed by atoms with van der Waals surface area (Å²) in [5.74, 6) is 0. The molecule has 3 heteroatoms. The van der Waals surface area contributed by atoms with Gasteiger partial charge in [-0.3, -0.25) is 0 Å². The molecule has 1 rings (SSSR count). The van der Waals surface area contributed by atoms with Gasteiger partial charge in [-0.25, -0.2) is 0 Å². The molecule has 0 radical (unpaired) electrons. The van der Waals surface area contributed by atoms with E-state index in [-0.39, 0.29) is 6.61 Å². The van der Waals surface area contributed by atoms with Crippen molar-refractivity contribution < 1.29 is 5.11 Å². The minimum atomic E-state index is 0.246. The SMILES string of the molecule is Cc1c(N)cccc1SC(C)CCO. The zero-order chi connectivity index (χ0) is 10.6. The molecule has 0 bridgehead atoms. The number of benzene rings is 1. The van der Waals surface area contributed by atoms with Crippen molar-refractivity contribution in [1.82, 2.24) is 0 Å². The third-order valence-electron chi connectivity index (χ3n) is 2.19. The zero-order valence-corrected chi connectivity index (χ0v) is 9.47. The Balaban J connectivity index is 2.71. The number of aliphatic hydroxyl groups excluding tert-OH is 1. The van der Waals surface area contributed by atoms with Gasteiger partial charge >= 0.3 is 0 Å². The van der Waals surface area contributed by atoms with E-state index in [4.69, 9.17) is 10.8 Å². The minimum Gasteiger partial charge on any atom is -0.398 e. The summed E-state index contributed by atoms with van der Waals surface area (Å²) in [5, 5.41) is 9.23. The fourth-order valence-corrected chi connectivity index (χ4v) is 2.33. The second kappa shape index (κ2) is 5.27. The first-order chi connectivity index (χ1) is 6.65. The van der Waals surface area contributed by atoms with Crippen molar-refractivity contribution in [3.05, 3.63) is 23.8 Å². The standard InChI is InChI=1S/C11H17NOS/c1-8(6-7-13)14-11-5-3-4-10(12)9(11)2/h3-5,8,13H,6-7,12H2,1-2H3. The van der Waals surface area contributed by atoms with Crippen LogP contribution in [0.3, 0.4) is 0 Å². The first-order valence-electron chi connectivity index (χ1n) is 4.77. The number of aliphatic hydroxyl groups is 1. The van der Waals surface area contributed by atoms with Crippen molar-refractivity contribution in [2.75, 3.05) is 12.3 Å². The van der Waals surface area contributed by atoms with Crippen LogP contribution < -0.4 is 5.73 Å². The van der Waals surface area contributed by atoms with E-state index in [0.717, 1.165) is 17.7 Å². The van der Waals surface area contributed by atoms with Crippen molar-refractivity contribution >= 4 is 17.4 Å². The molecule has 3 N–H and O–H groups in total. The number of rotatable bonds is 4. The number of hydrogen-bond donors (Lipinski definition) is 2. The summed E-state index contributed by atoms with van der Waals surface area (Å²) in [6.07, 6.45) is 0.818. The summed E-state index contributed by atoms with van der Waals surface area (Å²) in [6.45, 7) is 4.39. The lowest BCUT2D eigenvalue weighted by Gasteiger charge is -2.12. The highest BCUT2D eigenvalue weighted by atomic mass is 32.2. The molecule has 78 valence electrons. The molecule has 0 fully saturated rings. The lowest BCUT2D eigenvalue weighted by Crippen LogP contribution is -2.00. The summed E-state index contributed by atoms with van der Waals surface area (Å²) in [6, 6.07) is 5.96. The molecular formula is C11H17NOS. The van der Waals surface area contributed by atoms with E-state index in [1.165, 1.54) is 4.90 Å². The van der Waals surface area contributed by atoms with Gasteiger partial charge in [0.25, 0.3) is 0 Å². The Morgan fingerprint density at radius 2 is 2.21 bits per heavy atom. The summed E-state index contributed by atoms with van der Waals surface area (Å²) in [5.41, 5.74) is 7.79. The summed E-state index contributed by atoms with van der Waals surface area (Å²) in [7, 11) is 0. The number of thioether (sulfide) groups is 1. The quantitative estimate of drug-likeness (QED) is 0.594. The molecule has 0 aromatic heterocycles. The largest absolute Gasteiger partial charge is 0.398 e. The Hall–Kier alpha value is -0.670. The molecule has 1 aromatic carbocycles. The number of anilines is 1. The smallest absolute Gasteiger partial charge is 0.0441 e. The van der Waals surface area contributed by atoms with E-state index < -0.39 is 0 Å². The van der Waals surface area contributed by atoms with Gasteiger partial charge in [-0.05, 0) is 31.0 Å². The molecule has 2 nitrogen and oxygen atoms in total. The predicted octanol–water partition coefficient (Wildman–Crippen LogP) is 2.44. The molecule has 1 aromatic rings. The molecule has 0 spiro atoms. The number of nitrogens with two attached hydrogens (primary N) is 1. The van der Waals surface area contributed by atoms with Crippen LogP contribution in [0.25, 0.3) is 0 Å². The molecule has 14 heavy (non-hydrogen) atoms. The lowest BCUT2D eigenvalue weighted by molar-refractivity contribution is 0.289. The van der Waals surface area contributed by atoms with Gasteiger partial charge in [0.2, 0.25) is 0 Å². The van der Waals surface area contributed by atoms with Crippen LogP contribution in [0.15, 0.2) is 23.1 Å². The highest BCUT2D eigenvalue weighted by molar-refractivity contribution is 8.00. The van der Waals surface area contributed by atoms with Gasteiger partial charge in [0.05, 0.1) is 0 Å². The zero-order valence-electron chi connectivity index (χ0n) is 8.66. The van der Waals surface area contributed by atoms with Crippen LogP contribution in [0.4, 0.5) is 5.69 Å². The van der Waals surface area contributed by atoms with E-state index in [2.05, 4.69) is 13.0 Å². The van der Waals surface area contributed by atoms with E-state index in [1.54, 1.807) is 11.8 Å². The minimum absolute atomic E-state index is 0.246.